The molecule has 1 saturated heterocycles. The molecule has 1 aliphatic heterocycles. The molecule has 0 spiro atoms. The maximum Gasteiger partial charge on any atom is 0.240 e. The lowest BCUT2D eigenvalue weighted by atomic mass is 10.2. The number of carbonyl (C=O) groups excluding carboxylic acids is 2. The third-order valence-corrected chi connectivity index (χ3v) is 4.58. The Bertz CT molecular complexity index is 640. The van der Waals surface area contributed by atoms with Gasteiger partial charge in [0.15, 0.2) is 5.78 Å². The van der Waals surface area contributed by atoms with Crippen LogP contribution in [0, 0.1) is 0 Å². The molecule has 1 aromatic rings. The molecule has 1 amide bonds. The van der Waals surface area contributed by atoms with Gasteiger partial charge in [-0.2, -0.15) is 0 Å². The lowest BCUT2D eigenvalue weighted by molar-refractivity contribution is -0.119. The standard InChI is InChI=1S/C13H16N2O4S/c1-9(16)10-3-2-4-12(7-10)20(18,19)14-8-11-5-6-13(17)15-11/h2-4,7,11,14H,5-6,8H2,1H3,(H,15,17). The lowest BCUT2D eigenvalue weighted by Gasteiger charge is -2.12. The van der Waals surface area contributed by atoms with Gasteiger partial charge in [-0.05, 0) is 25.5 Å². The van der Waals surface area contributed by atoms with E-state index in [1.807, 2.05) is 0 Å². The summed E-state index contributed by atoms with van der Waals surface area (Å²) >= 11 is 0. The van der Waals surface area contributed by atoms with Crippen molar-refractivity contribution >= 4 is 21.7 Å². The van der Waals surface area contributed by atoms with Crippen molar-refractivity contribution in [3.05, 3.63) is 29.8 Å². The Morgan fingerprint density at radius 1 is 1.45 bits per heavy atom. The maximum absolute atomic E-state index is 12.1. The van der Waals surface area contributed by atoms with Crippen LogP contribution in [0.3, 0.4) is 0 Å². The van der Waals surface area contributed by atoms with Crippen molar-refractivity contribution in [3.8, 4) is 0 Å². The van der Waals surface area contributed by atoms with Crippen molar-refractivity contribution in [2.75, 3.05) is 6.54 Å². The van der Waals surface area contributed by atoms with Crippen molar-refractivity contribution in [2.45, 2.75) is 30.7 Å². The van der Waals surface area contributed by atoms with E-state index in [0.717, 1.165) is 0 Å². The third-order valence-electron chi connectivity index (χ3n) is 3.16. The highest BCUT2D eigenvalue weighted by Crippen LogP contribution is 2.13. The summed E-state index contributed by atoms with van der Waals surface area (Å²) in [5.41, 5.74) is 0.349. The smallest absolute Gasteiger partial charge is 0.240 e. The van der Waals surface area contributed by atoms with E-state index >= 15 is 0 Å². The molecule has 0 aliphatic carbocycles. The van der Waals surface area contributed by atoms with Crippen LogP contribution in [0.4, 0.5) is 0 Å². The summed E-state index contributed by atoms with van der Waals surface area (Å²) in [4.78, 5) is 22.4. The predicted octanol–water partition coefficient (Wildman–Crippen LogP) is 0.446. The van der Waals surface area contributed by atoms with Gasteiger partial charge in [0.25, 0.3) is 0 Å². The number of hydrogen-bond donors (Lipinski definition) is 2. The predicted molar refractivity (Wildman–Crippen MR) is 72.8 cm³/mol. The van der Waals surface area contributed by atoms with Gasteiger partial charge in [-0.1, -0.05) is 12.1 Å². The van der Waals surface area contributed by atoms with Gasteiger partial charge in [0.05, 0.1) is 4.90 Å². The van der Waals surface area contributed by atoms with Crippen LogP contribution in [0.5, 0.6) is 0 Å². The molecule has 0 bridgehead atoms. The molecule has 0 radical (unpaired) electrons. The zero-order valence-corrected chi connectivity index (χ0v) is 11.9. The fourth-order valence-electron chi connectivity index (χ4n) is 2.01. The normalized spacial score (nSPS) is 18.9. The number of nitrogens with one attached hydrogen (secondary N) is 2. The second-order valence-electron chi connectivity index (χ2n) is 4.74. The number of amides is 1. The molecule has 7 heteroatoms. The van der Waals surface area contributed by atoms with Crippen LogP contribution in [0.15, 0.2) is 29.2 Å². The van der Waals surface area contributed by atoms with Crippen molar-refractivity contribution in [1.29, 1.82) is 0 Å². The zero-order chi connectivity index (χ0) is 14.8. The van der Waals surface area contributed by atoms with Crippen LogP contribution in [0.25, 0.3) is 0 Å². The number of benzene rings is 1. The highest BCUT2D eigenvalue weighted by Gasteiger charge is 2.23. The minimum atomic E-state index is -3.67. The Balaban J connectivity index is 2.08. The number of hydrogen-bond acceptors (Lipinski definition) is 4. The average molecular weight is 296 g/mol. The molecule has 0 saturated carbocycles. The van der Waals surface area contributed by atoms with Crippen LogP contribution in [0.2, 0.25) is 0 Å². The Hall–Kier alpha value is -1.73. The molecule has 1 unspecified atom stereocenters. The van der Waals surface area contributed by atoms with Gasteiger partial charge in [0, 0.05) is 24.6 Å². The largest absolute Gasteiger partial charge is 0.352 e. The SMILES string of the molecule is CC(=O)c1cccc(S(=O)(=O)NCC2CCC(=O)N2)c1. The zero-order valence-electron chi connectivity index (χ0n) is 11.0. The minimum absolute atomic E-state index is 0.0505. The number of carbonyl (C=O) groups is 2. The Kier molecular flexibility index (Phi) is 4.20. The van der Waals surface area contributed by atoms with Crippen LogP contribution in [0.1, 0.15) is 30.1 Å². The number of ketones is 1. The van der Waals surface area contributed by atoms with Gasteiger partial charge in [-0.15, -0.1) is 0 Å². The summed E-state index contributed by atoms with van der Waals surface area (Å²) < 4.78 is 26.7. The first-order valence-corrected chi connectivity index (χ1v) is 7.77. The summed E-state index contributed by atoms with van der Waals surface area (Å²) in [6, 6.07) is 5.70. The van der Waals surface area contributed by atoms with Crippen LogP contribution in [-0.4, -0.2) is 32.7 Å². The molecule has 1 heterocycles. The lowest BCUT2D eigenvalue weighted by Crippen LogP contribution is -2.38. The fourth-order valence-corrected chi connectivity index (χ4v) is 3.13. The summed E-state index contributed by atoms with van der Waals surface area (Å²) in [6.45, 7) is 1.53. The molecule has 20 heavy (non-hydrogen) atoms. The van der Waals surface area contributed by atoms with Gasteiger partial charge < -0.3 is 5.32 Å². The number of sulfonamides is 1. The van der Waals surface area contributed by atoms with E-state index in [-0.39, 0.29) is 29.2 Å². The van der Waals surface area contributed by atoms with Crippen LogP contribution in [-0.2, 0) is 14.8 Å². The van der Waals surface area contributed by atoms with Crippen molar-refractivity contribution in [2.24, 2.45) is 0 Å². The van der Waals surface area contributed by atoms with E-state index in [9.17, 15) is 18.0 Å². The van der Waals surface area contributed by atoms with Crippen molar-refractivity contribution in [3.63, 3.8) is 0 Å². The average Bonchev–Trinajstić information content (AvgIpc) is 2.82. The van der Waals surface area contributed by atoms with E-state index in [1.165, 1.54) is 25.1 Å². The molecule has 1 aliphatic rings. The van der Waals surface area contributed by atoms with Crippen molar-refractivity contribution < 1.29 is 18.0 Å². The number of Topliss-reactive ketones (excluding diaryl/α,β-unsaturated/α-hetero) is 1. The third kappa shape index (κ3) is 3.43. The molecule has 2 N–H and O–H groups in total. The topological polar surface area (TPSA) is 92.3 Å². The van der Waals surface area contributed by atoms with E-state index in [2.05, 4.69) is 10.0 Å². The van der Waals surface area contributed by atoms with Crippen molar-refractivity contribution in [1.82, 2.24) is 10.0 Å². The van der Waals surface area contributed by atoms with Gasteiger partial charge in [0.1, 0.15) is 0 Å². The summed E-state index contributed by atoms with van der Waals surface area (Å²) in [7, 11) is -3.67. The van der Waals surface area contributed by atoms with Gasteiger partial charge in [0.2, 0.25) is 15.9 Å². The minimum Gasteiger partial charge on any atom is -0.352 e. The summed E-state index contributed by atoms with van der Waals surface area (Å²) in [5.74, 6) is -0.252. The molecule has 0 aromatic heterocycles. The highest BCUT2D eigenvalue weighted by molar-refractivity contribution is 7.89. The first-order chi connectivity index (χ1) is 9.38. The van der Waals surface area contributed by atoms with E-state index in [4.69, 9.17) is 0 Å². The Morgan fingerprint density at radius 3 is 2.80 bits per heavy atom. The van der Waals surface area contributed by atoms with Gasteiger partial charge in [-0.3, -0.25) is 9.59 Å². The molecule has 1 fully saturated rings. The van der Waals surface area contributed by atoms with E-state index in [0.29, 0.717) is 18.4 Å². The molecular formula is C13H16N2O4S. The monoisotopic (exact) mass is 296 g/mol. The van der Waals surface area contributed by atoms with Crippen LogP contribution < -0.4 is 10.0 Å². The van der Waals surface area contributed by atoms with Crippen LogP contribution >= 0.6 is 0 Å². The number of rotatable bonds is 5. The maximum atomic E-state index is 12.1. The molecular weight excluding hydrogens is 280 g/mol. The second kappa shape index (κ2) is 5.72. The molecule has 2 rings (SSSR count). The summed E-state index contributed by atoms with van der Waals surface area (Å²) in [5, 5.41) is 2.69. The molecule has 1 aromatic carbocycles. The Morgan fingerprint density at radius 2 is 2.20 bits per heavy atom. The molecule has 108 valence electrons. The highest BCUT2D eigenvalue weighted by atomic mass is 32.2. The van der Waals surface area contributed by atoms with Gasteiger partial charge in [-0.25, -0.2) is 13.1 Å². The first-order valence-electron chi connectivity index (χ1n) is 6.28. The molecule has 1 atom stereocenters. The quantitative estimate of drug-likeness (QED) is 0.771. The van der Waals surface area contributed by atoms with E-state index < -0.39 is 10.0 Å². The first kappa shape index (κ1) is 14.7. The fraction of sp³-hybridized carbons (Fsp3) is 0.385. The second-order valence-corrected chi connectivity index (χ2v) is 6.51. The Labute approximate surface area is 117 Å². The van der Waals surface area contributed by atoms with Gasteiger partial charge >= 0.3 is 0 Å². The molecule has 6 nitrogen and oxygen atoms in total. The summed E-state index contributed by atoms with van der Waals surface area (Å²) in [6.07, 6.45) is 1.04. The van der Waals surface area contributed by atoms with E-state index in [1.54, 1.807) is 6.07 Å².